The van der Waals surface area contributed by atoms with Gasteiger partial charge in [0.2, 0.25) is 5.95 Å². The standard InChI is InChI=1S/C37H45FN6O7/c1-24(2)43-18-16-42(17-19-43)20-21-51-30-12-10-25(22-28(30)38)40-36-39-15-14-33(41-36)44(37(45)46)35(27-23-26(47-3)11-13-29(27)48-4)34-31(49-5)8-7-9-32(34)50-6/h7-15,22-24,35H,16-21H2,1-6H3,(H,45,46)(H,39,40,41). The van der Waals surface area contributed by atoms with Gasteiger partial charge >= 0.3 is 6.09 Å². The maximum atomic E-state index is 15.2. The van der Waals surface area contributed by atoms with Gasteiger partial charge in [0.05, 0.1) is 34.0 Å². The number of nitrogens with zero attached hydrogens (tertiary/aromatic N) is 5. The van der Waals surface area contributed by atoms with Crippen LogP contribution in [0.1, 0.15) is 31.0 Å². The fraction of sp³-hybridized carbons (Fsp3) is 0.378. The summed E-state index contributed by atoms with van der Waals surface area (Å²) in [6, 6.07) is 15.6. The van der Waals surface area contributed by atoms with Gasteiger partial charge in [0.25, 0.3) is 0 Å². The zero-order chi connectivity index (χ0) is 36.5. The predicted molar refractivity (Wildman–Crippen MR) is 192 cm³/mol. The second kappa shape index (κ2) is 17.1. The van der Waals surface area contributed by atoms with E-state index in [0.29, 0.717) is 59.0 Å². The zero-order valence-electron chi connectivity index (χ0n) is 29.8. The number of hydrogen-bond donors (Lipinski definition) is 2. The van der Waals surface area contributed by atoms with E-state index in [9.17, 15) is 9.90 Å². The fourth-order valence-corrected chi connectivity index (χ4v) is 6.12. The van der Waals surface area contributed by atoms with Gasteiger partial charge in [-0.3, -0.25) is 9.80 Å². The molecular formula is C37H45FN6O7. The van der Waals surface area contributed by atoms with Gasteiger partial charge in [0, 0.05) is 62.3 Å². The minimum absolute atomic E-state index is 0.0116. The number of halogens is 1. The summed E-state index contributed by atoms with van der Waals surface area (Å²) in [5.41, 5.74) is 1.19. The number of aromatic nitrogens is 2. The third kappa shape index (κ3) is 8.70. The first-order valence-corrected chi connectivity index (χ1v) is 16.6. The molecule has 1 amide bonds. The lowest BCUT2D eigenvalue weighted by Gasteiger charge is -2.36. The number of carbonyl (C=O) groups is 1. The highest BCUT2D eigenvalue weighted by Crippen LogP contribution is 2.46. The largest absolute Gasteiger partial charge is 0.497 e. The summed E-state index contributed by atoms with van der Waals surface area (Å²) in [6.45, 7) is 9.37. The van der Waals surface area contributed by atoms with Crippen molar-refractivity contribution in [2.45, 2.75) is 25.9 Å². The Kier molecular flexibility index (Phi) is 12.3. The molecule has 3 aromatic carbocycles. The Morgan fingerprint density at radius 2 is 1.59 bits per heavy atom. The van der Waals surface area contributed by atoms with Crippen LogP contribution in [-0.4, -0.2) is 105 Å². The van der Waals surface area contributed by atoms with Crippen LogP contribution in [0.15, 0.2) is 66.9 Å². The van der Waals surface area contributed by atoms with Gasteiger partial charge in [-0.2, -0.15) is 4.98 Å². The Morgan fingerprint density at radius 3 is 2.20 bits per heavy atom. The van der Waals surface area contributed by atoms with E-state index in [1.165, 1.54) is 46.8 Å². The number of methoxy groups -OCH3 is 4. The molecule has 1 aromatic heterocycles. The van der Waals surface area contributed by atoms with Crippen LogP contribution in [0.3, 0.4) is 0 Å². The number of anilines is 3. The molecule has 0 aliphatic carbocycles. The lowest BCUT2D eigenvalue weighted by atomic mass is 9.94. The van der Waals surface area contributed by atoms with Crippen molar-refractivity contribution in [3.05, 3.63) is 83.8 Å². The Bertz CT molecular complexity index is 1760. The molecule has 0 saturated carbocycles. The van der Waals surface area contributed by atoms with E-state index in [0.717, 1.165) is 31.1 Å². The molecule has 1 aliphatic rings. The maximum absolute atomic E-state index is 15.2. The van der Waals surface area contributed by atoms with Gasteiger partial charge in [0.15, 0.2) is 11.6 Å². The van der Waals surface area contributed by atoms with Gasteiger partial charge < -0.3 is 34.1 Å². The summed E-state index contributed by atoms with van der Waals surface area (Å²) < 4.78 is 43.6. The summed E-state index contributed by atoms with van der Waals surface area (Å²) >= 11 is 0. The second-order valence-corrected chi connectivity index (χ2v) is 12.1. The van der Waals surface area contributed by atoms with Crippen LogP contribution in [0.2, 0.25) is 0 Å². The van der Waals surface area contributed by atoms with Crippen molar-refractivity contribution in [1.82, 2.24) is 19.8 Å². The minimum Gasteiger partial charge on any atom is -0.497 e. The number of hydrogen-bond acceptors (Lipinski definition) is 11. The van der Waals surface area contributed by atoms with E-state index in [-0.39, 0.29) is 17.5 Å². The third-order valence-corrected chi connectivity index (χ3v) is 8.81. The summed E-state index contributed by atoms with van der Waals surface area (Å²) in [7, 11) is 5.98. The van der Waals surface area contributed by atoms with Crippen LogP contribution < -0.4 is 33.9 Å². The first-order chi connectivity index (χ1) is 24.7. The number of benzene rings is 3. The molecule has 1 aliphatic heterocycles. The summed E-state index contributed by atoms with van der Waals surface area (Å²) in [6.07, 6.45) is 0.0752. The first kappa shape index (κ1) is 36.9. The molecule has 0 spiro atoms. The van der Waals surface area contributed by atoms with E-state index >= 15 is 4.39 Å². The normalized spacial score (nSPS) is 14.1. The molecule has 1 atom stereocenters. The molecule has 4 aromatic rings. The maximum Gasteiger partial charge on any atom is 0.413 e. The number of rotatable bonds is 15. The molecule has 272 valence electrons. The number of nitrogens with one attached hydrogen (secondary N) is 1. The molecule has 51 heavy (non-hydrogen) atoms. The molecule has 5 rings (SSSR count). The molecule has 1 unspecified atom stereocenters. The molecule has 0 radical (unpaired) electrons. The van der Waals surface area contributed by atoms with E-state index in [2.05, 4.69) is 38.9 Å². The van der Waals surface area contributed by atoms with E-state index in [1.54, 1.807) is 48.5 Å². The quantitative estimate of drug-likeness (QED) is 0.149. The third-order valence-electron chi connectivity index (χ3n) is 8.81. The highest BCUT2D eigenvalue weighted by atomic mass is 19.1. The molecule has 13 nitrogen and oxygen atoms in total. The second-order valence-electron chi connectivity index (χ2n) is 12.1. The fourth-order valence-electron chi connectivity index (χ4n) is 6.12. The highest BCUT2D eigenvalue weighted by Gasteiger charge is 2.36. The van der Waals surface area contributed by atoms with E-state index < -0.39 is 18.0 Å². The van der Waals surface area contributed by atoms with Crippen molar-refractivity contribution >= 4 is 23.5 Å². The van der Waals surface area contributed by atoms with Crippen molar-refractivity contribution in [2.75, 3.05) is 78.0 Å². The number of piperazine rings is 1. The van der Waals surface area contributed by atoms with E-state index in [4.69, 9.17) is 23.7 Å². The highest BCUT2D eigenvalue weighted by molar-refractivity contribution is 5.88. The smallest absolute Gasteiger partial charge is 0.413 e. The molecule has 2 N–H and O–H groups in total. The topological polar surface area (TPSA) is 131 Å². The minimum atomic E-state index is -1.34. The van der Waals surface area contributed by atoms with Crippen molar-refractivity contribution < 1.29 is 38.0 Å². The van der Waals surface area contributed by atoms with Gasteiger partial charge in [-0.15, -0.1) is 0 Å². The van der Waals surface area contributed by atoms with Gasteiger partial charge in [-0.1, -0.05) is 6.07 Å². The number of ether oxygens (including phenoxy) is 5. The molecule has 1 saturated heterocycles. The number of carboxylic acid groups (broad SMARTS) is 1. The summed E-state index contributed by atoms with van der Waals surface area (Å²) in [4.78, 5) is 27.9. The van der Waals surface area contributed by atoms with Crippen molar-refractivity contribution in [1.29, 1.82) is 0 Å². The molecular weight excluding hydrogens is 659 g/mol. The molecule has 1 fully saturated rings. The van der Waals surface area contributed by atoms with Crippen LogP contribution >= 0.6 is 0 Å². The first-order valence-electron chi connectivity index (χ1n) is 16.6. The lowest BCUT2D eigenvalue weighted by Crippen LogP contribution is -2.49. The van der Waals surface area contributed by atoms with E-state index in [1.807, 2.05) is 0 Å². The molecule has 14 heteroatoms. The number of amides is 1. The zero-order valence-corrected chi connectivity index (χ0v) is 29.8. The lowest BCUT2D eigenvalue weighted by molar-refractivity contribution is 0.0965. The van der Waals surface area contributed by atoms with Crippen molar-refractivity contribution in [3.63, 3.8) is 0 Å². The van der Waals surface area contributed by atoms with Gasteiger partial charge in [-0.05, 0) is 62.4 Å². The van der Waals surface area contributed by atoms with Crippen LogP contribution in [0.5, 0.6) is 28.7 Å². The summed E-state index contributed by atoms with van der Waals surface area (Å²) in [5, 5.41) is 13.8. The van der Waals surface area contributed by atoms with Gasteiger partial charge in [0.1, 0.15) is 41.5 Å². The average Bonchev–Trinajstić information content (AvgIpc) is 3.14. The Morgan fingerprint density at radius 1 is 0.902 bits per heavy atom. The Balaban J connectivity index is 1.41. The van der Waals surface area contributed by atoms with Gasteiger partial charge in [-0.25, -0.2) is 19.1 Å². The summed E-state index contributed by atoms with van der Waals surface area (Å²) in [5.74, 6) is 1.23. The van der Waals surface area contributed by atoms with Crippen LogP contribution in [0.25, 0.3) is 0 Å². The van der Waals surface area contributed by atoms with Crippen molar-refractivity contribution in [2.24, 2.45) is 0 Å². The van der Waals surface area contributed by atoms with Crippen LogP contribution in [0, 0.1) is 5.82 Å². The predicted octanol–water partition coefficient (Wildman–Crippen LogP) is 6.07. The monoisotopic (exact) mass is 704 g/mol. The Hall–Kier alpha value is -5.34. The molecule has 0 bridgehead atoms. The molecule has 2 heterocycles. The van der Waals surface area contributed by atoms with Crippen LogP contribution in [0.4, 0.5) is 26.6 Å². The van der Waals surface area contributed by atoms with Crippen LogP contribution in [-0.2, 0) is 0 Å². The average molecular weight is 705 g/mol. The van der Waals surface area contributed by atoms with Crippen molar-refractivity contribution in [3.8, 4) is 28.7 Å². The SMILES string of the molecule is COc1ccc(OC)c(C(c2c(OC)cccc2OC)N(C(=O)O)c2ccnc(Nc3ccc(OCCN4CCN(C(C)C)CC4)c(F)c3)n2)c1. The Labute approximate surface area is 297 Å².